The van der Waals surface area contributed by atoms with Crippen LogP contribution in [0.1, 0.15) is 76.8 Å². The van der Waals surface area contributed by atoms with Crippen LogP contribution < -0.4 is 5.48 Å². The molecule has 2 rings (SSSR count). The molecular weight excluding hydrogens is 604 g/mol. The summed E-state index contributed by atoms with van der Waals surface area (Å²) in [5.41, 5.74) is 5.05. The van der Waals surface area contributed by atoms with E-state index in [0.717, 1.165) is 24.0 Å². The Labute approximate surface area is 279 Å². The molecule has 0 bridgehead atoms. The number of carboxylic acids is 2. The van der Waals surface area contributed by atoms with Crippen molar-refractivity contribution < 1.29 is 43.6 Å². The fourth-order valence-electron chi connectivity index (χ4n) is 5.91. The van der Waals surface area contributed by atoms with Crippen molar-refractivity contribution in [3.8, 4) is 0 Å². The van der Waals surface area contributed by atoms with E-state index in [1.54, 1.807) is 18.7 Å². The van der Waals surface area contributed by atoms with E-state index in [9.17, 15) is 24.6 Å². The third kappa shape index (κ3) is 13.0. The first-order valence-corrected chi connectivity index (χ1v) is 16.6. The number of ether oxygens (including phenoxy) is 3. The van der Waals surface area contributed by atoms with Crippen LogP contribution in [-0.4, -0.2) is 91.4 Å². The molecule has 0 fully saturated rings. The zero-order valence-corrected chi connectivity index (χ0v) is 28.5. The van der Waals surface area contributed by atoms with Gasteiger partial charge in [-0.25, -0.2) is 0 Å². The lowest BCUT2D eigenvalue weighted by Crippen LogP contribution is -2.51. The molecule has 0 aromatic heterocycles. The molecule has 47 heavy (non-hydrogen) atoms. The maximum absolute atomic E-state index is 12.3. The highest BCUT2D eigenvalue weighted by Gasteiger charge is 2.37. The summed E-state index contributed by atoms with van der Waals surface area (Å²) in [7, 11) is 0. The fourth-order valence-corrected chi connectivity index (χ4v) is 5.91. The van der Waals surface area contributed by atoms with Crippen molar-refractivity contribution in [1.29, 1.82) is 0 Å². The Kier molecular flexibility index (Phi) is 18.9. The molecule has 7 atom stereocenters. The van der Waals surface area contributed by atoms with Gasteiger partial charge in [-0.2, -0.15) is 5.48 Å². The second-order valence-corrected chi connectivity index (χ2v) is 11.9. The molecule has 0 aliphatic heterocycles. The fraction of sp³-hybridized carbons (Fsp3) is 0.583. The van der Waals surface area contributed by atoms with E-state index in [4.69, 9.17) is 19.0 Å². The molecule has 3 N–H and O–H groups in total. The average Bonchev–Trinajstić information content (AvgIpc) is 3.08. The Morgan fingerprint density at radius 3 is 1.83 bits per heavy atom. The van der Waals surface area contributed by atoms with Crippen molar-refractivity contribution in [2.75, 3.05) is 39.8 Å². The third-order valence-corrected chi connectivity index (χ3v) is 8.64. The van der Waals surface area contributed by atoms with Crippen molar-refractivity contribution in [2.45, 2.75) is 83.8 Å². The average molecular weight is 659 g/mol. The highest BCUT2D eigenvalue weighted by molar-refractivity contribution is 5.71. The van der Waals surface area contributed by atoms with Gasteiger partial charge in [-0.15, -0.1) is 0 Å². The van der Waals surface area contributed by atoms with Crippen molar-refractivity contribution in [2.24, 2.45) is 11.8 Å². The first-order valence-electron chi connectivity index (χ1n) is 16.6. The van der Waals surface area contributed by atoms with Gasteiger partial charge in [0.15, 0.2) is 0 Å². The summed E-state index contributed by atoms with van der Waals surface area (Å²) in [5, 5.41) is 19.5. The predicted octanol–water partition coefficient (Wildman–Crippen LogP) is 5.32. The van der Waals surface area contributed by atoms with Crippen molar-refractivity contribution >= 4 is 18.3 Å². The van der Waals surface area contributed by atoms with E-state index in [2.05, 4.69) is 5.48 Å². The number of carboxylic acid groups (broad SMARTS) is 2. The summed E-state index contributed by atoms with van der Waals surface area (Å²) < 4.78 is 16.8. The molecule has 0 aliphatic carbocycles. The van der Waals surface area contributed by atoms with E-state index in [1.807, 2.05) is 81.4 Å². The van der Waals surface area contributed by atoms with E-state index in [1.165, 1.54) is 0 Å². The Hall–Kier alpha value is -3.35. The lowest BCUT2D eigenvalue weighted by Gasteiger charge is -2.40. The highest BCUT2D eigenvalue weighted by atomic mass is 16.7. The number of carbonyl (C=O) groups excluding carboxylic acids is 1. The first kappa shape index (κ1) is 39.8. The normalized spacial score (nSPS) is 15.9. The Balaban J connectivity index is 1.70. The molecule has 0 spiro atoms. The van der Waals surface area contributed by atoms with Gasteiger partial charge in [0.1, 0.15) is 6.79 Å². The molecule has 1 amide bonds. The van der Waals surface area contributed by atoms with Gasteiger partial charge in [0.05, 0.1) is 63.0 Å². The molecule has 0 saturated heterocycles. The Bertz CT molecular complexity index is 1150. The topological polar surface area (TPSA) is 144 Å². The number of benzene rings is 2. The van der Waals surface area contributed by atoms with Gasteiger partial charge >= 0.3 is 11.9 Å². The Morgan fingerprint density at radius 2 is 1.30 bits per heavy atom. The lowest BCUT2D eigenvalue weighted by atomic mass is 9.81. The van der Waals surface area contributed by atoms with Gasteiger partial charge in [0, 0.05) is 11.8 Å². The molecule has 0 saturated carbocycles. The van der Waals surface area contributed by atoms with Crippen LogP contribution in [0, 0.1) is 11.8 Å². The van der Waals surface area contributed by atoms with Gasteiger partial charge in [-0.1, -0.05) is 81.4 Å². The van der Waals surface area contributed by atoms with Crippen LogP contribution in [0.4, 0.5) is 0 Å². The SMILES string of the molecule is CCC(c1ccccc1)C(NOCCCOCOCCOCC(C)N(C=O)C(C(C)C(=O)O)C(CC)c1ccccc1)C(C)C(=O)O. The van der Waals surface area contributed by atoms with Crippen LogP contribution in [0.25, 0.3) is 0 Å². The number of aliphatic carboxylic acids is 2. The second-order valence-electron chi connectivity index (χ2n) is 11.9. The zero-order chi connectivity index (χ0) is 34.6. The minimum absolute atomic E-state index is 0.0176. The molecule has 11 heteroatoms. The van der Waals surface area contributed by atoms with Gasteiger partial charge in [-0.05, 0) is 44.2 Å². The van der Waals surface area contributed by atoms with Crippen LogP contribution in [0.3, 0.4) is 0 Å². The van der Waals surface area contributed by atoms with Crippen LogP contribution in [-0.2, 0) is 33.4 Å². The standard InChI is InChI=1S/C36H54N2O9/c1-6-31(29-15-10-8-11-16-29)33(27(4)35(40)41)37-47-20-14-19-45-25-46-22-21-44-23-26(3)38(24-39)34(28(5)36(42)43)32(7-2)30-17-12-9-13-18-30/h8-13,15-18,24,26-28,31-34,37H,6-7,14,19-23,25H2,1-5H3,(H,40,41)(H,42,43). The maximum atomic E-state index is 12.3. The largest absolute Gasteiger partial charge is 0.481 e. The lowest BCUT2D eigenvalue weighted by molar-refractivity contribution is -0.146. The summed E-state index contributed by atoms with van der Waals surface area (Å²) >= 11 is 0. The molecule has 0 radical (unpaired) electrons. The molecule has 0 aliphatic rings. The molecule has 7 unspecified atom stereocenters. The van der Waals surface area contributed by atoms with E-state index in [-0.39, 0.29) is 44.5 Å². The highest BCUT2D eigenvalue weighted by Crippen LogP contribution is 2.32. The number of amides is 1. The van der Waals surface area contributed by atoms with Crippen LogP contribution >= 0.6 is 0 Å². The van der Waals surface area contributed by atoms with Gasteiger partial charge < -0.3 is 34.2 Å². The smallest absolute Gasteiger partial charge is 0.308 e. The van der Waals surface area contributed by atoms with E-state index < -0.39 is 35.9 Å². The number of hydroxylamine groups is 1. The first-order chi connectivity index (χ1) is 22.7. The van der Waals surface area contributed by atoms with Gasteiger partial charge in [0.25, 0.3) is 0 Å². The maximum Gasteiger partial charge on any atom is 0.308 e. The number of nitrogens with zero attached hydrogens (tertiary/aromatic N) is 1. The van der Waals surface area contributed by atoms with E-state index >= 15 is 0 Å². The van der Waals surface area contributed by atoms with Crippen molar-refractivity contribution in [3.63, 3.8) is 0 Å². The van der Waals surface area contributed by atoms with Gasteiger partial charge in [0.2, 0.25) is 6.41 Å². The quantitative estimate of drug-likeness (QED) is 0.0526. The summed E-state index contributed by atoms with van der Waals surface area (Å²) in [5.74, 6) is -3.42. The zero-order valence-electron chi connectivity index (χ0n) is 28.5. The molecule has 262 valence electrons. The van der Waals surface area contributed by atoms with Crippen LogP contribution in [0.15, 0.2) is 60.7 Å². The van der Waals surface area contributed by atoms with E-state index in [0.29, 0.717) is 26.1 Å². The minimum Gasteiger partial charge on any atom is -0.481 e. The number of rotatable bonds is 26. The second kappa shape index (κ2) is 22.3. The van der Waals surface area contributed by atoms with Crippen molar-refractivity contribution in [3.05, 3.63) is 71.8 Å². The summed E-state index contributed by atoms with van der Waals surface area (Å²) in [6, 6.07) is 18.2. The molecule has 11 nitrogen and oxygen atoms in total. The number of nitrogens with one attached hydrogen (secondary N) is 1. The summed E-state index contributed by atoms with van der Waals surface area (Å²) in [4.78, 5) is 43.3. The minimum atomic E-state index is -0.953. The Morgan fingerprint density at radius 1 is 0.766 bits per heavy atom. The number of carbonyl (C=O) groups is 3. The molecule has 2 aromatic rings. The molecule has 0 heterocycles. The number of hydrogen-bond donors (Lipinski definition) is 3. The van der Waals surface area contributed by atoms with Crippen LogP contribution in [0.5, 0.6) is 0 Å². The number of hydrogen-bond acceptors (Lipinski definition) is 8. The molecule has 2 aromatic carbocycles. The third-order valence-electron chi connectivity index (χ3n) is 8.64. The molecular formula is C36H54N2O9. The monoisotopic (exact) mass is 658 g/mol. The van der Waals surface area contributed by atoms with Crippen LogP contribution in [0.2, 0.25) is 0 Å². The summed E-state index contributed by atoms with van der Waals surface area (Å²) in [6.07, 6.45) is 2.75. The predicted molar refractivity (Wildman–Crippen MR) is 179 cm³/mol. The summed E-state index contributed by atoms with van der Waals surface area (Å²) in [6.45, 7) is 10.8. The van der Waals surface area contributed by atoms with Crippen molar-refractivity contribution in [1.82, 2.24) is 10.4 Å². The van der Waals surface area contributed by atoms with Gasteiger partial charge in [-0.3, -0.25) is 14.4 Å².